The lowest BCUT2D eigenvalue weighted by Gasteiger charge is -2.39. The Labute approximate surface area is 110 Å². The van der Waals surface area contributed by atoms with E-state index in [1.165, 1.54) is 5.56 Å². The Morgan fingerprint density at radius 2 is 1.67 bits per heavy atom. The summed E-state index contributed by atoms with van der Waals surface area (Å²) in [6, 6.07) is 0. The Hall–Kier alpha value is -1.18. The minimum Gasteiger partial charge on any atom is -0.507 e. The summed E-state index contributed by atoms with van der Waals surface area (Å²) in [4.78, 5) is 0. The molecule has 0 amide bonds. The second kappa shape index (κ2) is 4.49. The van der Waals surface area contributed by atoms with Gasteiger partial charge in [-0.15, -0.1) is 0 Å². The van der Waals surface area contributed by atoms with Crippen molar-refractivity contribution in [2.24, 2.45) is 0 Å². The first-order valence-electron chi connectivity index (χ1n) is 6.96. The fourth-order valence-corrected chi connectivity index (χ4v) is 2.98. The first-order chi connectivity index (χ1) is 8.45. The van der Waals surface area contributed by atoms with Crippen LogP contribution in [0.2, 0.25) is 0 Å². The largest absolute Gasteiger partial charge is 0.507 e. The van der Waals surface area contributed by atoms with Crippen LogP contribution in [-0.4, -0.2) is 10.7 Å². The smallest absolute Gasteiger partial charge is 0.127 e. The molecule has 0 atom stereocenters. The molecule has 1 aliphatic rings. The summed E-state index contributed by atoms with van der Waals surface area (Å²) in [5, 5.41) is 10.1. The highest BCUT2D eigenvalue weighted by Crippen LogP contribution is 2.44. The zero-order chi connectivity index (χ0) is 13.5. The van der Waals surface area contributed by atoms with E-state index in [-0.39, 0.29) is 5.60 Å². The molecule has 0 saturated carbocycles. The number of fused-ring (bicyclic) bond motifs is 1. The van der Waals surface area contributed by atoms with E-state index in [1.807, 2.05) is 13.8 Å². The molecule has 2 heteroatoms. The standard InChI is InChI=1S/C16H24O2/c1-6-16(7-2)9-8-13-12(5)14(17)10(3)11(4)15(13)18-16/h17H,6-9H2,1-5H3. The summed E-state index contributed by atoms with van der Waals surface area (Å²) in [5.41, 5.74) is 4.24. The van der Waals surface area contributed by atoms with Crippen LogP contribution in [0.4, 0.5) is 0 Å². The van der Waals surface area contributed by atoms with Crippen molar-refractivity contribution in [3.63, 3.8) is 0 Å². The van der Waals surface area contributed by atoms with Crippen molar-refractivity contribution in [2.75, 3.05) is 0 Å². The number of benzene rings is 1. The van der Waals surface area contributed by atoms with Crippen molar-refractivity contribution in [1.29, 1.82) is 0 Å². The second-order valence-corrected chi connectivity index (χ2v) is 5.52. The van der Waals surface area contributed by atoms with E-state index in [1.54, 1.807) is 0 Å². The first-order valence-corrected chi connectivity index (χ1v) is 6.96. The molecule has 0 aliphatic carbocycles. The van der Waals surface area contributed by atoms with Gasteiger partial charge in [0.2, 0.25) is 0 Å². The third-order valence-electron chi connectivity index (χ3n) is 4.78. The number of ether oxygens (including phenoxy) is 1. The summed E-state index contributed by atoms with van der Waals surface area (Å²) in [7, 11) is 0. The zero-order valence-corrected chi connectivity index (χ0v) is 12.2. The van der Waals surface area contributed by atoms with Gasteiger partial charge < -0.3 is 9.84 Å². The third kappa shape index (κ3) is 1.79. The average Bonchev–Trinajstić information content (AvgIpc) is 2.42. The van der Waals surface area contributed by atoms with Crippen molar-refractivity contribution >= 4 is 0 Å². The van der Waals surface area contributed by atoms with Gasteiger partial charge in [-0.3, -0.25) is 0 Å². The van der Waals surface area contributed by atoms with E-state index in [0.29, 0.717) is 5.75 Å². The molecule has 1 aromatic carbocycles. The molecular weight excluding hydrogens is 224 g/mol. The van der Waals surface area contributed by atoms with Gasteiger partial charge in [0.25, 0.3) is 0 Å². The van der Waals surface area contributed by atoms with Crippen LogP contribution in [0.1, 0.15) is 55.4 Å². The fraction of sp³-hybridized carbons (Fsp3) is 0.625. The number of phenolic OH excluding ortho intramolecular Hbond substituents is 1. The van der Waals surface area contributed by atoms with Gasteiger partial charge >= 0.3 is 0 Å². The second-order valence-electron chi connectivity index (χ2n) is 5.52. The minimum atomic E-state index is -0.00634. The maximum Gasteiger partial charge on any atom is 0.127 e. The summed E-state index contributed by atoms with van der Waals surface area (Å²) in [5.74, 6) is 1.47. The Morgan fingerprint density at radius 3 is 2.22 bits per heavy atom. The predicted molar refractivity (Wildman–Crippen MR) is 74.6 cm³/mol. The molecule has 0 aromatic heterocycles. The summed E-state index contributed by atoms with van der Waals surface area (Å²) < 4.78 is 6.35. The number of phenols is 1. The molecule has 0 unspecified atom stereocenters. The van der Waals surface area contributed by atoms with Crippen molar-refractivity contribution in [2.45, 2.75) is 65.9 Å². The monoisotopic (exact) mass is 248 g/mol. The van der Waals surface area contributed by atoms with Crippen LogP contribution >= 0.6 is 0 Å². The SMILES string of the molecule is CCC1(CC)CCc2c(C)c(O)c(C)c(C)c2O1. The van der Waals surface area contributed by atoms with Crippen LogP contribution in [-0.2, 0) is 6.42 Å². The summed E-state index contributed by atoms with van der Waals surface area (Å²) in [6.07, 6.45) is 4.15. The van der Waals surface area contributed by atoms with E-state index in [0.717, 1.165) is 48.1 Å². The molecule has 2 nitrogen and oxygen atoms in total. The van der Waals surface area contributed by atoms with Crippen molar-refractivity contribution < 1.29 is 9.84 Å². The highest BCUT2D eigenvalue weighted by Gasteiger charge is 2.35. The zero-order valence-electron chi connectivity index (χ0n) is 12.2. The highest BCUT2D eigenvalue weighted by atomic mass is 16.5. The van der Waals surface area contributed by atoms with Crippen LogP contribution in [0.15, 0.2) is 0 Å². The van der Waals surface area contributed by atoms with E-state index in [4.69, 9.17) is 4.74 Å². The maximum atomic E-state index is 10.1. The van der Waals surface area contributed by atoms with E-state index in [9.17, 15) is 5.11 Å². The molecule has 2 rings (SSSR count). The van der Waals surface area contributed by atoms with Crippen molar-refractivity contribution in [1.82, 2.24) is 0 Å². The van der Waals surface area contributed by atoms with Gasteiger partial charge in [-0.05, 0) is 63.1 Å². The molecule has 0 saturated heterocycles. The van der Waals surface area contributed by atoms with Crippen LogP contribution < -0.4 is 4.74 Å². The minimum absolute atomic E-state index is 0.00634. The Bertz CT molecular complexity index is 471. The Morgan fingerprint density at radius 1 is 1.06 bits per heavy atom. The number of aromatic hydroxyl groups is 1. The van der Waals surface area contributed by atoms with Gasteiger partial charge in [0, 0.05) is 5.56 Å². The van der Waals surface area contributed by atoms with Crippen molar-refractivity contribution in [3.05, 3.63) is 22.3 Å². The number of rotatable bonds is 2. The average molecular weight is 248 g/mol. The topological polar surface area (TPSA) is 29.5 Å². The summed E-state index contributed by atoms with van der Waals surface area (Å²) in [6.45, 7) is 10.4. The highest BCUT2D eigenvalue weighted by molar-refractivity contribution is 5.58. The number of hydrogen-bond donors (Lipinski definition) is 1. The van der Waals surface area contributed by atoms with E-state index < -0.39 is 0 Å². The molecule has 1 aliphatic heterocycles. The molecule has 1 heterocycles. The molecule has 1 aromatic rings. The predicted octanol–water partition coefficient (Wildman–Crippen LogP) is 4.20. The van der Waals surface area contributed by atoms with Gasteiger partial charge in [-0.25, -0.2) is 0 Å². The Kier molecular flexibility index (Phi) is 3.31. The van der Waals surface area contributed by atoms with Crippen LogP contribution in [0, 0.1) is 20.8 Å². The van der Waals surface area contributed by atoms with E-state index >= 15 is 0 Å². The lowest BCUT2D eigenvalue weighted by molar-refractivity contribution is 0.0371. The maximum absolute atomic E-state index is 10.1. The molecule has 0 bridgehead atoms. The van der Waals surface area contributed by atoms with Crippen LogP contribution in [0.25, 0.3) is 0 Å². The number of hydrogen-bond acceptors (Lipinski definition) is 2. The van der Waals surface area contributed by atoms with Gasteiger partial charge in [-0.2, -0.15) is 0 Å². The van der Waals surface area contributed by atoms with Gasteiger partial charge in [-0.1, -0.05) is 13.8 Å². The van der Waals surface area contributed by atoms with E-state index in [2.05, 4.69) is 20.8 Å². The van der Waals surface area contributed by atoms with Gasteiger partial charge in [0.05, 0.1) is 0 Å². The lowest BCUT2D eigenvalue weighted by atomic mass is 9.83. The normalized spacial score (nSPS) is 17.2. The first kappa shape index (κ1) is 13.3. The fourth-order valence-electron chi connectivity index (χ4n) is 2.98. The molecule has 0 fully saturated rings. The van der Waals surface area contributed by atoms with Gasteiger partial charge in [0.1, 0.15) is 17.1 Å². The molecular formula is C16H24O2. The van der Waals surface area contributed by atoms with Crippen molar-refractivity contribution in [3.8, 4) is 11.5 Å². The molecule has 1 N–H and O–H groups in total. The van der Waals surface area contributed by atoms with Crippen LogP contribution in [0.5, 0.6) is 11.5 Å². The quantitative estimate of drug-likeness (QED) is 0.850. The molecule has 0 spiro atoms. The van der Waals surface area contributed by atoms with Gasteiger partial charge in [0.15, 0.2) is 0 Å². The molecule has 0 radical (unpaired) electrons. The third-order valence-corrected chi connectivity index (χ3v) is 4.78. The Balaban J connectivity index is 2.57. The van der Waals surface area contributed by atoms with Crippen LogP contribution in [0.3, 0.4) is 0 Å². The molecule has 18 heavy (non-hydrogen) atoms. The molecule has 100 valence electrons. The lowest BCUT2D eigenvalue weighted by Crippen LogP contribution is -2.38. The summed E-state index contributed by atoms with van der Waals surface area (Å²) >= 11 is 0.